The molecule has 1 fully saturated rings. The molecule has 0 radical (unpaired) electrons. The van der Waals surface area contributed by atoms with E-state index in [0.717, 1.165) is 4.57 Å². The molecule has 0 saturated carbocycles. The molecule has 5 N–H and O–H groups in total. The Labute approximate surface area is 104 Å². The number of hydrogen-bond acceptors (Lipinski definition) is 7. The molecule has 1 unspecified atom stereocenters. The minimum absolute atomic E-state index is 0.422. The molecule has 100 valence electrons. The second-order valence-corrected chi connectivity index (χ2v) is 3.82. The molecule has 0 amide bonds. The van der Waals surface area contributed by atoms with E-state index in [1.165, 1.54) is 0 Å². The van der Waals surface area contributed by atoms with Crippen molar-refractivity contribution in [1.82, 2.24) is 14.5 Å². The van der Waals surface area contributed by atoms with Crippen molar-refractivity contribution in [3.63, 3.8) is 0 Å². The number of aliphatic hydroxyl groups is 3. The zero-order valence-electron chi connectivity index (χ0n) is 11.2. The second kappa shape index (κ2) is 4.98. The third kappa shape index (κ3) is 2.34. The van der Waals surface area contributed by atoms with E-state index in [0.29, 0.717) is 0 Å². The fraction of sp³-hybridized carbons (Fsp3) is 0.667. The van der Waals surface area contributed by atoms with Gasteiger partial charge in [-0.1, -0.05) is 0 Å². The highest BCUT2D eigenvalue weighted by Crippen LogP contribution is 2.21. The van der Waals surface area contributed by atoms with Crippen LogP contribution in [0.25, 0.3) is 0 Å². The van der Waals surface area contributed by atoms with Crippen LogP contribution in [0.15, 0.2) is 11.1 Å². The van der Waals surface area contributed by atoms with Gasteiger partial charge in [0, 0.05) is 0 Å². The summed E-state index contributed by atoms with van der Waals surface area (Å²) < 4.78 is 21.0. The molecular weight excluding hydrogens is 244 g/mol. The van der Waals surface area contributed by atoms with Crippen molar-refractivity contribution in [1.29, 1.82) is 5.41 Å². The van der Waals surface area contributed by atoms with Crippen molar-refractivity contribution in [2.45, 2.75) is 30.9 Å². The Bertz CT molecular complexity index is 615. The minimum atomic E-state index is -2.43. The zero-order valence-corrected chi connectivity index (χ0v) is 9.20. The molecule has 0 aliphatic carbocycles. The monoisotopic (exact) mass is 260 g/mol. The van der Waals surface area contributed by atoms with Crippen LogP contribution in [0.1, 0.15) is 2.74 Å². The van der Waals surface area contributed by atoms with Gasteiger partial charge in [-0.2, -0.15) is 0 Å². The van der Waals surface area contributed by atoms with Gasteiger partial charge in [0.15, 0.2) is 0 Å². The molecule has 2 rings (SSSR count). The first-order valence-corrected chi connectivity index (χ1v) is 5.16. The first kappa shape index (κ1) is 10.4. The van der Waals surface area contributed by atoms with E-state index in [-0.39, 0.29) is 0 Å². The Morgan fingerprint density at radius 2 is 2.39 bits per heavy atom. The molecular formula is C9H14N4O5. The maximum atomic E-state index is 11.6. The molecule has 0 spiro atoms. The average Bonchev–Trinajstić information content (AvgIpc) is 2.56. The highest BCUT2D eigenvalue weighted by molar-refractivity contribution is 4.90. The SMILES string of the molecule is [2H]c1nc(=N)[nH]c(=O)n1C[C@@H]1O[C@H](CO)C(O)[C@]1([2H])O. The topological polar surface area (TPSA) is 144 Å². The van der Waals surface area contributed by atoms with Crippen LogP contribution in [0.5, 0.6) is 0 Å². The van der Waals surface area contributed by atoms with E-state index in [1.54, 1.807) is 0 Å². The third-order valence-corrected chi connectivity index (χ3v) is 2.61. The molecule has 2 heterocycles. The first-order valence-electron chi connectivity index (χ1n) is 6.16. The van der Waals surface area contributed by atoms with Gasteiger partial charge in [0.25, 0.3) is 0 Å². The molecule has 18 heavy (non-hydrogen) atoms. The normalized spacial score (nSPS) is 37.4. The summed E-state index contributed by atoms with van der Waals surface area (Å²) in [5.74, 6) is 0. The van der Waals surface area contributed by atoms with E-state index in [4.69, 9.17) is 18.0 Å². The van der Waals surface area contributed by atoms with Crippen molar-refractivity contribution in [3.8, 4) is 0 Å². The number of aromatic amines is 1. The van der Waals surface area contributed by atoms with Crippen molar-refractivity contribution in [2.75, 3.05) is 6.61 Å². The van der Waals surface area contributed by atoms with Gasteiger partial charge in [-0.3, -0.25) is 15.0 Å². The van der Waals surface area contributed by atoms with Gasteiger partial charge in [0.05, 0.1) is 14.5 Å². The summed E-state index contributed by atoms with van der Waals surface area (Å²) >= 11 is 0. The quantitative estimate of drug-likeness (QED) is 0.382. The lowest BCUT2D eigenvalue weighted by molar-refractivity contribution is -0.0270. The predicted octanol–water partition coefficient (Wildman–Crippen LogP) is -3.47. The summed E-state index contributed by atoms with van der Waals surface area (Å²) in [4.78, 5) is 17.1. The van der Waals surface area contributed by atoms with Gasteiger partial charge >= 0.3 is 5.69 Å². The molecule has 0 bridgehead atoms. The van der Waals surface area contributed by atoms with Crippen LogP contribution in [0.2, 0.25) is 0 Å². The summed E-state index contributed by atoms with van der Waals surface area (Å²) in [5.41, 5.74) is -1.31. The number of aliphatic hydroxyl groups excluding tert-OH is 2. The molecule has 1 aliphatic rings. The van der Waals surface area contributed by atoms with E-state index in [1.807, 2.05) is 4.98 Å². The lowest BCUT2D eigenvalue weighted by atomic mass is 10.1. The Morgan fingerprint density at radius 1 is 1.67 bits per heavy atom. The Hall–Kier alpha value is -1.55. The van der Waals surface area contributed by atoms with E-state index in [9.17, 15) is 15.0 Å². The molecule has 9 nitrogen and oxygen atoms in total. The lowest BCUT2D eigenvalue weighted by Crippen LogP contribution is -2.39. The lowest BCUT2D eigenvalue weighted by Gasteiger charge is -2.15. The van der Waals surface area contributed by atoms with Crippen molar-refractivity contribution >= 4 is 0 Å². The number of rotatable bonds is 3. The van der Waals surface area contributed by atoms with Gasteiger partial charge in [0.2, 0.25) is 5.62 Å². The Morgan fingerprint density at radius 3 is 2.94 bits per heavy atom. The minimum Gasteiger partial charge on any atom is -0.394 e. The van der Waals surface area contributed by atoms with Crippen LogP contribution in [-0.4, -0.2) is 60.9 Å². The number of nitrogens with one attached hydrogen (secondary N) is 2. The largest absolute Gasteiger partial charge is 0.394 e. The molecule has 0 aromatic carbocycles. The zero-order chi connectivity index (χ0) is 15.1. The predicted molar refractivity (Wildman–Crippen MR) is 56.5 cm³/mol. The summed E-state index contributed by atoms with van der Waals surface area (Å²) in [6, 6.07) is 0. The molecule has 1 saturated heterocycles. The third-order valence-electron chi connectivity index (χ3n) is 2.61. The number of hydrogen-bond donors (Lipinski definition) is 5. The molecule has 1 aromatic heterocycles. The summed E-state index contributed by atoms with van der Waals surface area (Å²) in [6.07, 6.45) is -7.10. The Balaban J connectivity index is 2.32. The van der Waals surface area contributed by atoms with Crippen LogP contribution in [0.3, 0.4) is 0 Å². The maximum Gasteiger partial charge on any atom is 0.329 e. The molecule has 4 atom stereocenters. The van der Waals surface area contributed by atoms with Crippen LogP contribution in [-0.2, 0) is 11.3 Å². The average molecular weight is 260 g/mol. The van der Waals surface area contributed by atoms with Gasteiger partial charge in [-0.05, 0) is 0 Å². The van der Waals surface area contributed by atoms with Crippen LogP contribution in [0.4, 0.5) is 0 Å². The van der Waals surface area contributed by atoms with E-state index >= 15 is 0 Å². The maximum absolute atomic E-state index is 11.6. The number of nitrogens with zero attached hydrogens (tertiary/aromatic N) is 2. The fourth-order valence-corrected chi connectivity index (χ4v) is 1.66. The van der Waals surface area contributed by atoms with Crippen LogP contribution >= 0.6 is 0 Å². The first-order chi connectivity index (χ1) is 9.27. The smallest absolute Gasteiger partial charge is 0.329 e. The fourth-order valence-electron chi connectivity index (χ4n) is 1.66. The summed E-state index contributed by atoms with van der Waals surface area (Å²) in [6.45, 7) is -1.02. The van der Waals surface area contributed by atoms with Gasteiger partial charge in [0.1, 0.15) is 32.1 Å². The van der Waals surface area contributed by atoms with Crippen molar-refractivity contribution < 1.29 is 22.8 Å². The van der Waals surface area contributed by atoms with Crippen LogP contribution < -0.4 is 11.3 Å². The van der Waals surface area contributed by atoms with Crippen molar-refractivity contribution in [2.24, 2.45) is 0 Å². The van der Waals surface area contributed by atoms with Gasteiger partial charge in [-0.15, -0.1) is 0 Å². The number of ether oxygens (including phenoxy) is 1. The second-order valence-electron chi connectivity index (χ2n) is 3.82. The number of aromatic nitrogens is 3. The molecule has 1 aromatic rings. The molecule has 1 aliphatic heterocycles. The van der Waals surface area contributed by atoms with E-state index in [2.05, 4.69) is 4.98 Å². The summed E-state index contributed by atoms with van der Waals surface area (Å²) in [7, 11) is 0. The van der Waals surface area contributed by atoms with E-state index < -0.39 is 55.2 Å². The highest BCUT2D eigenvalue weighted by atomic mass is 16.6. The van der Waals surface area contributed by atoms with Gasteiger partial charge < -0.3 is 20.1 Å². The van der Waals surface area contributed by atoms with Crippen LogP contribution in [0, 0.1) is 5.41 Å². The summed E-state index contributed by atoms with van der Waals surface area (Å²) in [5, 5.41) is 35.6. The standard InChI is InChI=1S/C9H14N4O5/c10-8-11-3-13(9(17)12-8)1-4-6(15)7(16)5(2-14)18-4/h3-7,14-16H,1-2H2,(H2,10,12,17)/t4-,5+,6+,7?/m0/s1/i3D,6D. The molecule has 9 heteroatoms. The Kier molecular flexibility index (Phi) is 2.87. The highest BCUT2D eigenvalue weighted by Gasteiger charge is 2.42. The van der Waals surface area contributed by atoms with Crippen molar-refractivity contribution in [3.05, 3.63) is 22.4 Å². The van der Waals surface area contributed by atoms with Gasteiger partial charge in [-0.25, -0.2) is 9.78 Å². The number of H-pyrrole nitrogens is 1.